The van der Waals surface area contributed by atoms with E-state index in [1.165, 1.54) is 19.4 Å². The van der Waals surface area contributed by atoms with Crippen molar-refractivity contribution in [1.82, 2.24) is 20.2 Å². The van der Waals surface area contributed by atoms with Gasteiger partial charge in [-0.25, -0.2) is 9.97 Å². The summed E-state index contributed by atoms with van der Waals surface area (Å²) in [5.74, 6) is 0.868. The van der Waals surface area contributed by atoms with Crippen LogP contribution in [0.3, 0.4) is 0 Å². The minimum Gasteiger partial charge on any atom is -0.338 e. The quantitative estimate of drug-likeness (QED) is 0.869. The number of rotatable bonds is 3. The smallest absolute Gasteiger partial charge is 0.225 e. The highest BCUT2D eigenvalue weighted by Crippen LogP contribution is 2.21. The standard InChI is InChI=1S/C14H23N5/c1-14(4-2-7-17-14)12-18-8-10-19(11-9-18)13-15-5-3-6-16-13/h3,5-6,17H,2,4,7-12H2,1H3. The Morgan fingerprint density at radius 1 is 1.21 bits per heavy atom. The normalized spacial score (nSPS) is 28.8. The number of nitrogens with one attached hydrogen (secondary N) is 1. The molecule has 1 aromatic heterocycles. The van der Waals surface area contributed by atoms with Gasteiger partial charge < -0.3 is 10.2 Å². The van der Waals surface area contributed by atoms with Gasteiger partial charge in [-0.05, 0) is 32.4 Å². The van der Waals surface area contributed by atoms with Gasteiger partial charge in [-0.2, -0.15) is 0 Å². The van der Waals surface area contributed by atoms with Gasteiger partial charge in [-0.15, -0.1) is 0 Å². The van der Waals surface area contributed by atoms with Gasteiger partial charge in [0.2, 0.25) is 5.95 Å². The predicted molar refractivity (Wildman–Crippen MR) is 76.3 cm³/mol. The molecular formula is C14H23N5. The van der Waals surface area contributed by atoms with Crippen molar-refractivity contribution in [2.45, 2.75) is 25.3 Å². The number of aromatic nitrogens is 2. The van der Waals surface area contributed by atoms with Gasteiger partial charge >= 0.3 is 0 Å². The highest BCUT2D eigenvalue weighted by atomic mass is 15.3. The van der Waals surface area contributed by atoms with Gasteiger partial charge in [-0.1, -0.05) is 0 Å². The van der Waals surface area contributed by atoms with Crippen LogP contribution in [0.25, 0.3) is 0 Å². The number of piperazine rings is 1. The van der Waals surface area contributed by atoms with Gasteiger partial charge in [0.25, 0.3) is 0 Å². The average molecular weight is 261 g/mol. The summed E-state index contributed by atoms with van der Waals surface area (Å²) in [6, 6.07) is 1.87. The fraction of sp³-hybridized carbons (Fsp3) is 0.714. The third-order valence-corrected chi connectivity index (χ3v) is 4.24. The molecule has 3 rings (SSSR count). The van der Waals surface area contributed by atoms with E-state index in [1.807, 2.05) is 18.5 Å². The molecule has 1 N–H and O–H groups in total. The molecule has 0 bridgehead atoms. The summed E-state index contributed by atoms with van der Waals surface area (Å²) in [7, 11) is 0. The predicted octanol–water partition coefficient (Wildman–Crippen LogP) is 0.741. The van der Waals surface area contributed by atoms with E-state index in [9.17, 15) is 0 Å². The van der Waals surface area contributed by atoms with E-state index < -0.39 is 0 Å². The summed E-state index contributed by atoms with van der Waals surface area (Å²) >= 11 is 0. The second kappa shape index (κ2) is 5.43. The van der Waals surface area contributed by atoms with Gasteiger partial charge in [0.15, 0.2) is 0 Å². The fourth-order valence-corrected chi connectivity index (χ4v) is 3.15. The number of hydrogen-bond acceptors (Lipinski definition) is 5. The summed E-state index contributed by atoms with van der Waals surface area (Å²) in [5, 5.41) is 3.64. The third-order valence-electron chi connectivity index (χ3n) is 4.24. The first-order valence-electron chi connectivity index (χ1n) is 7.25. The molecule has 5 heteroatoms. The molecule has 1 atom stereocenters. The molecule has 5 nitrogen and oxygen atoms in total. The molecule has 2 saturated heterocycles. The van der Waals surface area contributed by atoms with Gasteiger partial charge in [0, 0.05) is 50.7 Å². The number of hydrogen-bond donors (Lipinski definition) is 1. The van der Waals surface area contributed by atoms with Crippen molar-refractivity contribution in [3.8, 4) is 0 Å². The fourth-order valence-electron chi connectivity index (χ4n) is 3.15. The maximum absolute atomic E-state index is 4.33. The SMILES string of the molecule is CC1(CN2CCN(c3ncccn3)CC2)CCCN1. The first kappa shape index (κ1) is 12.8. The molecule has 0 amide bonds. The Balaban J connectivity index is 1.52. The van der Waals surface area contributed by atoms with Crippen LogP contribution in [0.4, 0.5) is 5.95 Å². The van der Waals surface area contributed by atoms with Crippen molar-refractivity contribution in [3.63, 3.8) is 0 Å². The monoisotopic (exact) mass is 261 g/mol. The minimum atomic E-state index is 0.325. The lowest BCUT2D eigenvalue weighted by molar-refractivity contribution is 0.193. The molecule has 2 aliphatic heterocycles. The molecular weight excluding hydrogens is 238 g/mol. The Bertz CT molecular complexity index is 394. The van der Waals surface area contributed by atoms with E-state index in [0.29, 0.717) is 5.54 Å². The Kier molecular flexibility index (Phi) is 3.66. The van der Waals surface area contributed by atoms with E-state index in [0.717, 1.165) is 38.7 Å². The van der Waals surface area contributed by atoms with Crippen LogP contribution in [0.1, 0.15) is 19.8 Å². The summed E-state index contributed by atoms with van der Waals surface area (Å²) < 4.78 is 0. The van der Waals surface area contributed by atoms with Crippen LogP contribution in [0.15, 0.2) is 18.5 Å². The zero-order valence-corrected chi connectivity index (χ0v) is 11.7. The van der Waals surface area contributed by atoms with Gasteiger partial charge in [0.1, 0.15) is 0 Å². The molecule has 0 radical (unpaired) electrons. The van der Waals surface area contributed by atoms with Crippen molar-refractivity contribution in [1.29, 1.82) is 0 Å². The molecule has 1 unspecified atom stereocenters. The number of anilines is 1. The molecule has 3 heterocycles. The van der Waals surface area contributed by atoms with Crippen LogP contribution in [0.2, 0.25) is 0 Å². The number of nitrogens with zero attached hydrogens (tertiary/aromatic N) is 4. The van der Waals surface area contributed by atoms with Crippen molar-refractivity contribution in [3.05, 3.63) is 18.5 Å². The summed E-state index contributed by atoms with van der Waals surface area (Å²) in [6.45, 7) is 8.96. The lowest BCUT2D eigenvalue weighted by Gasteiger charge is -2.39. The van der Waals surface area contributed by atoms with E-state index in [1.54, 1.807) is 0 Å². The Hall–Kier alpha value is -1.20. The van der Waals surface area contributed by atoms with Crippen molar-refractivity contribution >= 4 is 5.95 Å². The van der Waals surface area contributed by atoms with Crippen LogP contribution in [-0.2, 0) is 0 Å². The average Bonchev–Trinajstić information content (AvgIpc) is 2.87. The minimum absolute atomic E-state index is 0.325. The molecule has 0 aliphatic carbocycles. The summed E-state index contributed by atoms with van der Waals surface area (Å²) in [5.41, 5.74) is 0.325. The lowest BCUT2D eigenvalue weighted by Crippen LogP contribution is -2.54. The molecule has 2 fully saturated rings. The van der Waals surface area contributed by atoms with Crippen molar-refractivity contribution in [2.24, 2.45) is 0 Å². The maximum atomic E-state index is 4.33. The Morgan fingerprint density at radius 2 is 1.95 bits per heavy atom. The molecule has 0 spiro atoms. The zero-order chi connectivity index (χ0) is 13.1. The van der Waals surface area contributed by atoms with Crippen molar-refractivity contribution in [2.75, 3.05) is 44.2 Å². The molecule has 2 aliphatic rings. The van der Waals surface area contributed by atoms with Gasteiger partial charge in [-0.3, -0.25) is 4.90 Å². The highest BCUT2D eigenvalue weighted by Gasteiger charge is 2.31. The van der Waals surface area contributed by atoms with Crippen LogP contribution >= 0.6 is 0 Å². The topological polar surface area (TPSA) is 44.3 Å². The van der Waals surface area contributed by atoms with E-state index in [2.05, 4.69) is 32.0 Å². The first-order valence-corrected chi connectivity index (χ1v) is 7.25. The second-order valence-electron chi connectivity index (χ2n) is 5.90. The van der Waals surface area contributed by atoms with Crippen LogP contribution in [-0.4, -0.2) is 59.7 Å². The summed E-state index contributed by atoms with van der Waals surface area (Å²) in [6.07, 6.45) is 6.25. The summed E-state index contributed by atoms with van der Waals surface area (Å²) in [4.78, 5) is 13.5. The molecule has 0 saturated carbocycles. The maximum Gasteiger partial charge on any atom is 0.225 e. The first-order chi connectivity index (χ1) is 9.25. The van der Waals surface area contributed by atoms with E-state index in [-0.39, 0.29) is 0 Å². The van der Waals surface area contributed by atoms with E-state index in [4.69, 9.17) is 0 Å². The van der Waals surface area contributed by atoms with Crippen LogP contribution < -0.4 is 10.2 Å². The zero-order valence-electron chi connectivity index (χ0n) is 11.7. The van der Waals surface area contributed by atoms with Crippen LogP contribution in [0, 0.1) is 0 Å². The Labute approximate surface area is 115 Å². The second-order valence-corrected chi connectivity index (χ2v) is 5.90. The Morgan fingerprint density at radius 3 is 2.58 bits per heavy atom. The van der Waals surface area contributed by atoms with Crippen molar-refractivity contribution < 1.29 is 0 Å². The highest BCUT2D eigenvalue weighted by molar-refractivity contribution is 5.29. The molecule has 19 heavy (non-hydrogen) atoms. The van der Waals surface area contributed by atoms with Crippen LogP contribution in [0.5, 0.6) is 0 Å². The third kappa shape index (κ3) is 3.04. The molecule has 104 valence electrons. The van der Waals surface area contributed by atoms with Gasteiger partial charge in [0.05, 0.1) is 0 Å². The molecule has 0 aromatic carbocycles. The molecule has 1 aromatic rings. The largest absolute Gasteiger partial charge is 0.338 e. The van der Waals surface area contributed by atoms with E-state index >= 15 is 0 Å². The lowest BCUT2D eigenvalue weighted by atomic mass is 9.99.